The molecule has 0 saturated carbocycles. The Morgan fingerprint density at radius 3 is 2.09 bits per heavy atom. The molecule has 1 aromatic heterocycles. The van der Waals surface area contributed by atoms with Crippen molar-refractivity contribution >= 4 is 35.5 Å². The van der Waals surface area contributed by atoms with E-state index in [1.54, 1.807) is 63.6 Å². The Morgan fingerprint density at radius 2 is 1.51 bits per heavy atom. The van der Waals surface area contributed by atoms with Crippen LogP contribution in [0.4, 0.5) is 15.3 Å². The van der Waals surface area contributed by atoms with Crippen LogP contribution in [0.5, 0.6) is 0 Å². The van der Waals surface area contributed by atoms with Gasteiger partial charge in [0.15, 0.2) is 0 Å². The molecule has 0 unspecified atom stereocenters. The Bertz CT molecular complexity index is 1470. The maximum atomic E-state index is 13.4. The maximum absolute atomic E-state index is 13.4. The summed E-state index contributed by atoms with van der Waals surface area (Å²) in [7, 11) is 0. The third-order valence-electron chi connectivity index (χ3n) is 7.72. The molecule has 53 heavy (non-hydrogen) atoms. The highest BCUT2D eigenvalue weighted by molar-refractivity contribution is 5.98. The molecule has 17 heteroatoms. The quantitative estimate of drug-likeness (QED) is 0.0808. The fourth-order valence-electron chi connectivity index (χ4n) is 4.52. The molecule has 0 aliphatic carbocycles. The zero-order valence-electron chi connectivity index (χ0n) is 32.4. The van der Waals surface area contributed by atoms with Gasteiger partial charge in [0.2, 0.25) is 11.8 Å². The Balaban J connectivity index is 1.82. The van der Waals surface area contributed by atoms with Crippen LogP contribution in [0.2, 0.25) is 0 Å². The van der Waals surface area contributed by atoms with Crippen molar-refractivity contribution in [2.45, 2.75) is 98.9 Å². The number of rotatable bonds is 21. The number of amides is 6. The van der Waals surface area contributed by atoms with Crippen LogP contribution in [-0.2, 0) is 47.2 Å². The summed E-state index contributed by atoms with van der Waals surface area (Å²) in [6.45, 7) is 17.5. The third-order valence-corrected chi connectivity index (χ3v) is 7.72. The van der Waals surface area contributed by atoms with Crippen LogP contribution in [0.15, 0.2) is 30.5 Å². The average molecular weight is 746 g/mol. The summed E-state index contributed by atoms with van der Waals surface area (Å²) in [6, 6.07) is 3.54. The number of primary amides is 1. The Morgan fingerprint density at radius 1 is 0.849 bits per heavy atom. The van der Waals surface area contributed by atoms with E-state index in [1.807, 2.05) is 6.20 Å². The van der Waals surface area contributed by atoms with Gasteiger partial charge in [0.25, 0.3) is 0 Å². The molecule has 2 atom stereocenters. The Kier molecular flexibility index (Phi) is 18.2. The summed E-state index contributed by atoms with van der Waals surface area (Å²) in [5.41, 5.74) is 6.57. The number of carbonyl (C=O) groups is 5. The number of urea groups is 2. The number of aromatic nitrogens is 3. The van der Waals surface area contributed by atoms with Gasteiger partial charge in [-0.3, -0.25) is 14.4 Å². The molecule has 0 fully saturated rings. The monoisotopic (exact) mass is 745 g/mol. The van der Waals surface area contributed by atoms with Crippen LogP contribution in [0.25, 0.3) is 0 Å². The zero-order chi connectivity index (χ0) is 39.6. The van der Waals surface area contributed by atoms with E-state index in [2.05, 4.69) is 57.7 Å². The molecular weight excluding hydrogens is 686 g/mol. The van der Waals surface area contributed by atoms with Crippen molar-refractivity contribution in [3.8, 4) is 0 Å². The topological polar surface area (TPSA) is 230 Å². The number of nitrogens with two attached hydrogens (primary N) is 1. The van der Waals surface area contributed by atoms with Crippen LogP contribution in [0.3, 0.4) is 0 Å². The molecule has 0 aliphatic heterocycles. The first-order chi connectivity index (χ1) is 24.9. The number of carbonyl (C=O) groups excluding carboxylic acids is 5. The van der Waals surface area contributed by atoms with Gasteiger partial charge in [-0.1, -0.05) is 52.0 Å². The predicted molar refractivity (Wildman–Crippen MR) is 199 cm³/mol. The van der Waals surface area contributed by atoms with Crippen molar-refractivity contribution in [2.75, 3.05) is 44.8 Å². The van der Waals surface area contributed by atoms with Gasteiger partial charge in [0.1, 0.15) is 18.7 Å². The van der Waals surface area contributed by atoms with Gasteiger partial charge in [-0.15, -0.1) is 5.10 Å². The van der Waals surface area contributed by atoms with E-state index in [1.165, 1.54) is 0 Å². The zero-order valence-corrected chi connectivity index (χ0v) is 32.4. The fraction of sp³-hybridized carbons (Fsp3) is 0.639. The lowest BCUT2D eigenvalue weighted by Gasteiger charge is -2.25. The molecule has 6 amide bonds. The normalized spacial score (nSPS) is 12.8. The van der Waals surface area contributed by atoms with E-state index in [0.29, 0.717) is 38.5 Å². The molecule has 0 radical (unpaired) electrons. The minimum absolute atomic E-state index is 0.0716. The molecule has 0 saturated heterocycles. The Hall–Kier alpha value is -4.77. The van der Waals surface area contributed by atoms with E-state index in [9.17, 15) is 24.0 Å². The molecule has 1 aromatic carbocycles. The summed E-state index contributed by atoms with van der Waals surface area (Å²) < 4.78 is 18.2. The lowest BCUT2D eigenvalue weighted by Crippen LogP contribution is -2.56. The minimum Gasteiger partial charge on any atom is -0.460 e. The molecule has 7 N–H and O–H groups in total. The predicted octanol–water partition coefficient (Wildman–Crippen LogP) is 2.59. The van der Waals surface area contributed by atoms with Crippen LogP contribution < -0.4 is 32.3 Å². The SMILES string of the molecule is CC(C)[C@H](NC(=O)NCCOCCOCCn1cc(C(C)(C)C)nn1)C(=O)N[C@@H](CCCNC(N)=O)C(=O)Nc1ccc(COC(=O)C(C)(C)C)cc1. The number of hydrogen-bond donors (Lipinski definition) is 6. The maximum Gasteiger partial charge on any atom is 0.315 e. The molecule has 1 heterocycles. The van der Waals surface area contributed by atoms with E-state index in [4.69, 9.17) is 19.9 Å². The van der Waals surface area contributed by atoms with Crippen molar-refractivity contribution in [1.29, 1.82) is 0 Å². The van der Waals surface area contributed by atoms with Gasteiger partial charge in [-0.05, 0) is 57.2 Å². The highest BCUT2D eigenvalue weighted by Gasteiger charge is 2.29. The highest BCUT2D eigenvalue weighted by atomic mass is 16.5. The van der Waals surface area contributed by atoms with Crippen molar-refractivity contribution in [2.24, 2.45) is 17.1 Å². The summed E-state index contributed by atoms with van der Waals surface area (Å²) in [5.74, 6) is -1.69. The molecule has 0 spiro atoms. The number of ether oxygens (including phenoxy) is 3. The number of nitrogens with one attached hydrogen (secondary N) is 5. The van der Waals surface area contributed by atoms with Gasteiger partial charge < -0.3 is 46.5 Å². The standard InChI is InChI=1S/C36H59N9O8/c1-24(2)29(42-34(50)39-16-18-51-20-21-52-19-17-45-22-28(43-44-45)35(3,4)5)31(47)41-27(10-9-15-38-33(37)49)30(46)40-26-13-11-25(12-14-26)23-53-32(48)36(6,7)8/h11-14,22,24,27,29H,9-10,15-21,23H2,1-8H3,(H,40,46)(H,41,47)(H3,37,38,49)(H2,39,42,50)/t27-,29-/m0/s1. The summed E-state index contributed by atoms with van der Waals surface area (Å²) in [5, 5.41) is 21.7. The first-order valence-electron chi connectivity index (χ1n) is 17.9. The average Bonchev–Trinajstić information content (AvgIpc) is 3.56. The second kappa shape index (κ2) is 21.7. The first-order valence-corrected chi connectivity index (χ1v) is 17.9. The molecule has 0 aliphatic rings. The number of nitrogens with zero attached hydrogens (tertiary/aromatic N) is 3. The smallest absolute Gasteiger partial charge is 0.315 e. The lowest BCUT2D eigenvalue weighted by atomic mass is 9.93. The van der Waals surface area contributed by atoms with Crippen molar-refractivity contribution in [1.82, 2.24) is 36.3 Å². The van der Waals surface area contributed by atoms with Gasteiger partial charge in [0, 0.05) is 30.4 Å². The van der Waals surface area contributed by atoms with E-state index in [0.717, 1.165) is 11.3 Å². The largest absolute Gasteiger partial charge is 0.460 e. The first kappa shape index (κ1) is 44.4. The number of anilines is 1. The van der Waals surface area contributed by atoms with Crippen molar-refractivity contribution in [3.05, 3.63) is 41.7 Å². The highest BCUT2D eigenvalue weighted by Crippen LogP contribution is 2.19. The molecule has 17 nitrogen and oxygen atoms in total. The number of hydrogen-bond acceptors (Lipinski definition) is 10. The van der Waals surface area contributed by atoms with Crippen LogP contribution in [0, 0.1) is 11.3 Å². The van der Waals surface area contributed by atoms with Gasteiger partial charge in [0.05, 0.1) is 44.1 Å². The second-order valence-electron chi connectivity index (χ2n) is 15.0. The van der Waals surface area contributed by atoms with Gasteiger partial charge >= 0.3 is 18.0 Å². The van der Waals surface area contributed by atoms with Crippen molar-refractivity contribution < 1.29 is 38.2 Å². The molecular formula is C36H59N9O8. The second-order valence-corrected chi connectivity index (χ2v) is 15.0. The molecule has 296 valence electrons. The van der Waals surface area contributed by atoms with Crippen molar-refractivity contribution in [3.63, 3.8) is 0 Å². The van der Waals surface area contributed by atoms with Gasteiger partial charge in [-0.2, -0.15) is 0 Å². The van der Waals surface area contributed by atoms with E-state index >= 15 is 0 Å². The number of benzene rings is 1. The lowest BCUT2D eigenvalue weighted by molar-refractivity contribution is -0.154. The molecule has 0 bridgehead atoms. The fourth-order valence-corrected chi connectivity index (χ4v) is 4.52. The third kappa shape index (κ3) is 17.5. The molecule has 2 rings (SSSR count). The van der Waals surface area contributed by atoms with Crippen LogP contribution in [-0.4, -0.2) is 96.4 Å². The van der Waals surface area contributed by atoms with E-state index < -0.39 is 41.4 Å². The summed E-state index contributed by atoms with van der Waals surface area (Å²) in [4.78, 5) is 62.6. The van der Waals surface area contributed by atoms with Crippen LogP contribution >= 0.6 is 0 Å². The van der Waals surface area contributed by atoms with Crippen LogP contribution in [0.1, 0.15) is 79.5 Å². The van der Waals surface area contributed by atoms with E-state index in [-0.39, 0.29) is 50.0 Å². The van der Waals surface area contributed by atoms with Gasteiger partial charge in [-0.25, -0.2) is 14.3 Å². The molecule has 2 aromatic rings. The summed E-state index contributed by atoms with van der Waals surface area (Å²) >= 11 is 0. The summed E-state index contributed by atoms with van der Waals surface area (Å²) in [6.07, 6.45) is 2.42. The minimum atomic E-state index is -0.997. The Labute approximate surface area is 312 Å². The number of esters is 1.